The molecule has 0 amide bonds. The number of nitrogens with zero attached hydrogens (tertiary/aromatic N) is 1. The van der Waals surface area contributed by atoms with Crippen molar-refractivity contribution in [3.05, 3.63) is 30.3 Å². The summed E-state index contributed by atoms with van der Waals surface area (Å²) >= 11 is 4.78. The zero-order valence-electron chi connectivity index (χ0n) is 6.73. The standard InChI is InChI=1S/C8H10N2OS/c1-11-10(8(9)12)7-5-3-2-4-6-7/h2-6H,1H3,(H2,9,12). The summed E-state index contributed by atoms with van der Waals surface area (Å²) in [5.74, 6) is 0. The zero-order chi connectivity index (χ0) is 8.97. The topological polar surface area (TPSA) is 38.5 Å². The normalized spacial score (nSPS) is 9.42. The summed E-state index contributed by atoms with van der Waals surface area (Å²) < 4.78 is 0. The van der Waals surface area contributed by atoms with Crippen molar-refractivity contribution < 1.29 is 4.84 Å². The predicted molar refractivity (Wildman–Crippen MR) is 52.7 cm³/mol. The van der Waals surface area contributed by atoms with E-state index in [0.29, 0.717) is 0 Å². The molecule has 3 nitrogen and oxygen atoms in total. The van der Waals surface area contributed by atoms with Crippen LogP contribution in [0, 0.1) is 0 Å². The molecule has 0 aromatic heterocycles. The molecular formula is C8H10N2OS. The highest BCUT2D eigenvalue weighted by Gasteiger charge is 2.05. The molecule has 64 valence electrons. The van der Waals surface area contributed by atoms with Crippen LogP contribution in [0.5, 0.6) is 0 Å². The lowest BCUT2D eigenvalue weighted by Gasteiger charge is -2.18. The first-order valence-electron chi connectivity index (χ1n) is 3.44. The molecule has 0 bridgehead atoms. The molecule has 1 rings (SSSR count). The van der Waals surface area contributed by atoms with Gasteiger partial charge in [0.25, 0.3) is 0 Å². The highest BCUT2D eigenvalue weighted by molar-refractivity contribution is 7.80. The van der Waals surface area contributed by atoms with Crippen LogP contribution in [0.15, 0.2) is 30.3 Å². The van der Waals surface area contributed by atoms with Gasteiger partial charge in [-0.3, -0.25) is 4.84 Å². The fourth-order valence-corrected chi connectivity index (χ4v) is 1.07. The smallest absolute Gasteiger partial charge is 0.195 e. The quantitative estimate of drug-likeness (QED) is 0.552. The van der Waals surface area contributed by atoms with E-state index in [9.17, 15) is 0 Å². The van der Waals surface area contributed by atoms with Gasteiger partial charge in [-0.1, -0.05) is 18.2 Å². The van der Waals surface area contributed by atoms with E-state index in [1.807, 2.05) is 30.3 Å². The maximum absolute atomic E-state index is 5.41. The van der Waals surface area contributed by atoms with Crippen molar-refractivity contribution in [3.63, 3.8) is 0 Å². The van der Waals surface area contributed by atoms with Crippen molar-refractivity contribution in [1.82, 2.24) is 0 Å². The molecule has 0 aliphatic heterocycles. The summed E-state index contributed by atoms with van der Waals surface area (Å²) in [6.45, 7) is 0. The molecule has 0 fully saturated rings. The zero-order valence-corrected chi connectivity index (χ0v) is 7.54. The molecular weight excluding hydrogens is 172 g/mol. The maximum atomic E-state index is 5.41. The van der Waals surface area contributed by atoms with E-state index in [0.717, 1.165) is 5.69 Å². The molecule has 1 aromatic carbocycles. The molecule has 0 unspecified atom stereocenters. The van der Waals surface area contributed by atoms with Crippen LogP contribution < -0.4 is 10.8 Å². The van der Waals surface area contributed by atoms with Crippen LogP contribution in [0.1, 0.15) is 0 Å². The van der Waals surface area contributed by atoms with Crippen molar-refractivity contribution in [3.8, 4) is 0 Å². The monoisotopic (exact) mass is 182 g/mol. The Morgan fingerprint density at radius 1 is 1.42 bits per heavy atom. The van der Waals surface area contributed by atoms with Gasteiger partial charge in [-0.15, -0.1) is 0 Å². The summed E-state index contributed by atoms with van der Waals surface area (Å²) in [5, 5.41) is 1.58. The van der Waals surface area contributed by atoms with E-state index in [2.05, 4.69) is 0 Å². The van der Waals surface area contributed by atoms with Gasteiger partial charge in [-0.25, -0.2) is 0 Å². The summed E-state index contributed by atoms with van der Waals surface area (Å²) in [4.78, 5) is 4.96. The fourth-order valence-electron chi connectivity index (χ4n) is 0.886. The largest absolute Gasteiger partial charge is 0.374 e. The minimum Gasteiger partial charge on any atom is -0.374 e. The van der Waals surface area contributed by atoms with Crippen molar-refractivity contribution in [2.24, 2.45) is 5.73 Å². The van der Waals surface area contributed by atoms with Gasteiger partial charge in [-0.2, -0.15) is 5.06 Å². The molecule has 0 aliphatic rings. The molecule has 0 saturated heterocycles. The van der Waals surface area contributed by atoms with Gasteiger partial charge in [0.05, 0.1) is 12.8 Å². The SMILES string of the molecule is CON(C(N)=S)c1ccccc1. The van der Waals surface area contributed by atoms with Crippen molar-refractivity contribution in [1.29, 1.82) is 0 Å². The first-order valence-corrected chi connectivity index (χ1v) is 3.85. The predicted octanol–water partition coefficient (Wildman–Crippen LogP) is 1.30. The highest BCUT2D eigenvalue weighted by atomic mass is 32.1. The fraction of sp³-hybridized carbons (Fsp3) is 0.125. The second kappa shape index (κ2) is 4.04. The average molecular weight is 182 g/mol. The molecule has 1 aromatic rings. The van der Waals surface area contributed by atoms with Crippen molar-refractivity contribution in [2.45, 2.75) is 0 Å². The van der Waals surface area contributed by atoms with E-state index in [1.54, 1.807) is 0 Å². The number of hydroxylamine groups is 1. The lowest BCUT2D eigenvalue weighted by molar-refractivity contribution is 0.211. The minimum atomic E-state index is 0.198. The number of rotatable bonds is 2. The summed E-state index contributed by atoms with van der Waals surface area (Å²) in [6.07, 6.45) is 0. The highest BCUT2D eigenvalue weighted by Crippen LogP contribution is 2.12. The molecule has 0 saturated carbocycles. The van der Waals surface area contributed by atoms with Gasteiger partial charge in [-0.05, 0) is 24.4 Å². The number of hydrogen-bond acceptors (Lipinski definition) is 2. The van der Waals surface area contributed by atoms with E-state index in [4.69, 9.17) is 22.8 Å². The Morgan fingerprint density at radius 2 is 2.00 bits per heavy atom. The summed E-state index contributed by atoms with van der Waals surface area (Å²) in [7, 11) is 1.52. The first kappa shape index (κ1) is 8.96. The number of thiocarbonyl (C=S) groups is 1. The Kier molecular flexibility index (Phi) is 3.01. The third kappa shape index (κ3) is 1.93. The average Bonchev–Trinajstić information content (AvgIpc) is 2.07. The summed E-state index contributed by atoms with van der Waals surface area (Å²) in [5.41, 5.74) is 6.24. The van der Waals surface area contributed by atoms with Crippen LogP contribution in [-0.4, -0.2) is 12.2 Å². The van der Waals surface area contributed by atoms with Crippen molar-refractivity contribution in [2.75, 3.05) is 12.2 Å². The van der Waals surface area contributed by atoms with Gasteiger partial charge < -0.3 is 5.73 Å². The molecule has 4 heteroatoms. The van der Waals surface area contributed by atoms with E-state index in [-0.39, 0.29) is 5.11 Å². The molecule has 12 heavy (non-hydrogen) atoms. The molecule has 0 spiro atoms. The van der Waals surface area contributed by atoms with Gasteiger partial charge in [0, 0.05) is 0 Å². The number of nitrogens with two attached hydrogens (primary N) is 1. The van der Waals surface area contributed by atoms with Gasteiger partial charge in [0.2, 0.25) is 0 Å². The molecule has 0 atom stereocenters. The van der Waals surface area contributed by atoms with E-state index in [1.165, 1.54) is 12.2 Å². The van der Waals surface area contributed by atoms with Crippen LogP contribution in [0.4, 0.5) is 5.69 Å². The molecule has 0 aliphatic carbocycles. The Hall–Kier alpha value is -1.13. The van der Waals surface area contributed by atoms with Crippen LogP contribution in [0.2, 0.25) is 0 Å². The van der Waals surface area contributed by atoms with Gasteiger partial charge >= 0.3 is 0 Å². The van der Waals surface area contributed by atoms with Crippen LogP contribution in [0.25, 0.3) is 0 Å². The Morgan fingerprint density at radius 3 is 2.42 bits per heavy atom. The van der Waals surface area contributed by atoms with Crippen molar-refractivity contribution >= 4 is 23.0 Å². The number of para-hydroxylation sites is 1. The molecule has 2 N–H and O–H groups in total. The van der Waals surface area contributed by atoms with Gasteiger partial charge in [0.1, 0.15) is 0 Å². The van der Waals surface area contributed by atoms with E-state index < -0.39 is 0 Å². The van der Waals surface area contributed by atoms with E-state index >= 15 is 0 Å². The molecule has 0 heterocycles. The van der Waals surface area contributed by atoms with Gasteiger partial charge in [0.15, 0.2) is 5.11 Å². The number of hydrogen-bond donors (Lipinski definition) is 1. The Labute approximate surface area is 76.7 Å². The second-order valence-corrected chi connectivity index (χ2v) is 2.57. The number of benzene rings is 1. The maximum Gasteiger partial charge on any atom is 0.195 e. The van der Waals surface area contributed by atoms with Crippen LogP contribution in [0.3, 0.4) is 0 Å². The third-order valence-corrected chi connectivity index (χ3v) is 1.54. The second-order valence-electron chi connectivity index (χ2n) is 2.15. The Balaban J connectivity index is 2.88. The molecule has 0 radical (unpaired) electrons. The Bertz CT molecular complexity index is 263. The third-order valence-electron chi connectivity index (χ3n) is 1.37. The summed E-state index contributed by atoms with van der Waals surface area (Å²) in [6, 6.07) is 9.42. The lowest BCUT2D eigenvalue weighted by Crippen LogP contribution is -2.34. The van der Waals surface area contributed by atoms with Crippen LogP contribution >= 0.6 is 12.2 Å². The first-order chi connectivity index (χ1) is 5.75. The lowest BCUT2D eigenvalue weighted by atomic mass is 10.3. The number of anilines is 1. The van der Waals surface area contributed by atoms with Crippen LogP contribution in [-0.2, 0) is 4.84 Å². The minimum absolute atomic E-state index is 0.198.